The predicted octanol–water partition coefficient (Wildman–Crippen LogP) is 3.69. The van der Waals surface area contributed by atoms with Crippen molar-refractivity contribution in [3.8, 4) is 0 Å². The maximum absolute atomic E-state index is 13.8. The molecule has 27 heavy (non-hydrogen) atoms. The number of nitrogens with one attached hydrogen (secondary N) is 1. The maximum Gasteiger partial charge on any atom is 0.256 e. The highest BCUT2D eigenvalue weighted by Crippen LogP contribution is 2.19. The van der Waals surface area contributed by atoms with Crippen molar-refractivity contribution >= 4 is 23.4 Å². The van der Waals surface area contributed by atoms with Crippen molar-refractivity contribution in [3.05, 3.63) is 70.5 Å². The van der Waals surface area contributed by atoms with Gasteiger partial charge < -0.3 is 10.2 Å². The molecule has 3 rings (SSSR count). The summed E-state index contributed by atoms with van der Waals surface area (Å²) in [6, 6.07) is 13.3. The number of rotatable bonds is 5. The molecule has 0 aliphatic carbocycles. The van der Waals surface area contributed by atoms with Gasteiger partial charge in [-0.25, -0.2) is 4.39 Å². The van der Waals surface area contributed by atoms with E-state index in [1.807, 2.05) is 12.1 Å². The normalized spacial score (nSPS) is 14.8. The van der Waals surface area contributed by atoms with Crippen LogP contribution in [0.25, 0.3) is 0 Å². The maximum atomic E-state index is 13.8. The molecule has 0 bridgehead atoms. The van der Waals surface area contributed by atoms with Gasteiger partial charge >= 0.3 is 0 Å². The molecule has 2 amide bonds. The van der Waals surface area contributed by atoms with Crippen LogP contribution in [-0.4, -0.2) is 36.3 Å². The van der Waals surface area contributed by atoms with Gasteiger partial charge in [0, 0.05) is 24.7 Å². The number of halogens is 2. The molecule has 2 aromatic rings. The highest BCUT2D eigenvalue weighted by Gasteiger charge is 2.25. The highest BCUT2D eigenvalue weighted by molar-refractivity contribution is 6.30. The average molecular weight is 389 g/mol. The molecule has 0 atom stereocenters. The molecule has 0 radical (unpaired) electrons. The van der Waals surface area contributed by atoms with Crippen LogP contribution >= 0.6 is 11.6 Å². The van der Waals surface area contributed by atoms with E-state index < -0.39 is 5.82 Å². The van der Waals surface area contributed by atoms with Crippen LogP contribution in [0.15, 0.2) is 48.5 Å². The van der Waals surface area contributed by atoms with Crippen LogP contribution in [0, 0.1) is 11.7 Å². The van der Waals surface area contributed by atoms with Crippen LogP contribution in [-0.2, 0) is 11.2 Å². The van der Waals surface area contributed by atoms with E-state index >= 15 is 0 Å². The van der Waals surface area contributed by atoms with Crippen LogP contribution in [0.1, 0.15) is 28.8 Å². The van der Waals surface area contributed by atoms with E-state index in [0.717, 1.165) is 18.4 Å². The van der Waals surface area contributed by atoms with Gasteiger partial charge in [0.25, 0.3) is 5.91 Å². The molecule has 1 aliphatic rings. The molecule has 0 saturated carbocycles. The summed E-state index contributed by atoms with van der Waals surface area (Å²) in [7, 11) is 0. The van der Waals surface area contributed by atoms with E-state index in [1.54, 1.807) is 29.2 Å². The Morgan fingerprint density at radius 3 is 2.41 bits per heavy atom. The monoisotopic (exact) mass is 388 g/mol. The summed E-state index contributed by atoms with van der Waals surface area (Å²) in [5, 5.41) is 3.61. The van der Waals surface area contributed by atoms with E-state index in [-0.39, 0.29) is 17.4 Å². The van der Waals surface area contributed by atoms with Crippen molar-refractivity contribution in [1.82, 2.24) is 10.2 Å². The third kappa shape index (κ3) is 5.30. The number of nitrogens with zero attached hydrogens (tertiary/aromatic N) is 1. The first-order valence-electron chi connectivity index (χ1n) is 9.08. The van der Waals surface area contributed by atoms with E-state index in [4.69, 9.17) is 11.6 Å². The molecule has 1 aliphatic heterocycles. The number of carbonyl (C=O) groups excluding carboxylic acids is 2. The number of likely N-dealkylation sites (tertiary alicyclic amines) is 1. The van der Waals surface area contributed by atoms with Gasteiger partial charge in [0.15, 0.2) is 0 Å². The minimum Gasteiger partial charge on any atom is -0.356 e. The van der Waals surface area contributed by atoms with E-state index in [2.05, 4.69) is 5.32 Å². The summed E-state index contributed by atoms with van der Waals surface area (Å²) in [6.45, 7) is 1.74. The lowest BCUT2D eigenvalue weighted by Gasteiger charge is -2.32. The molecule has 142 valence electrons. The Labute approximate surface area is 163 Å². The van der Waals surface area contributed by atoms with Gasteiger partial charge in [0.05, 0.1) is 12.0 Å². The van der Waals surface area contributed by atoms with Gasteiger partial charge in [0.1, 0.15) is 5.82 Å². The summed E-state index contributed by atoms with van der Waals surface area (Å²) < 4.78 is 13.8. The zero-order valence-corrected chi connectivity index (χ0v) is 15.7. The lowest BCUT2D eigenvalue weighted by Crippen LogP contribution is -2.42. The zero-order valence-electron chi connectivity index (χ0n) is 15.0. The number of benzene rings is 2. The second kappa shape index (κ2) is 9.00. The summed E-state index contributed by atoms with van der Waals surface area (Å²) in [6.07, 6.45) is 1.91. The predicted molar refractivity (Wildman–Crippen MR) is 103 cm³/mol. The molecule has 0 aromatic heterocycles. The van der Waals surface area contributed by atoms with Gasteiger partial charge in [-0.05, 0) is 48.6 Å². The van der Waals surface area contributed by atoms with Crippen LogP contribution < -0.4 is 5.32 Å². The molecular weight excluding hydrogens is 367 g/mol. The molecule has 2 aromatic carbocycles. The first kappa shape index (κ1) is 19.4. The number of hydrogen-bond donors (Lipinski definition) is 1. The Morgan fingerprint density at radius 1 is 1.07 bits per heavy atom. The molecule has 4 nitrogen and oxygen atoms in total. The standard InChI is InChI=1S/C21H22ClFN2O2/c22-17-7-5-15(6-8-17)13-20(26)24-14-16-9-11-25(12-10-16)21(27)18-3-1-2-4-19(18)23/h1-8,16H,9-14H2,(H,24,26). The van der Waals surface area contributed by atoms with E-state index in [1.165, 1.54) is 12.1 Å². The first-order valence-corrected chi connectivity index (χ1v) is 9.45. The third-order valence-corrected chi connectivity index (χ3v) is 5.12. The lowest BCUT2D eigenvalue weighted by atomic mass is 9.96. The minimum absolute atomic E-state index is 0.0258. The largest absolute Gasteiger partial charge is 0.356 e. The zero-order chi connectivity index (χ0) is 19.2. The third-order valence-electron chi connectivity index (χ3n) is 4.87. The number of amides is 2. The molecule has 1 saturated heterocycles. The Morgan fingerprint density at radius 2 is 1.74 bits per heavy atom. The topological polar surface area (TPSA) is 49.4 Å². The molecule has 0 unspecified atom stereocenters. The van der Waals surface area contributed by atoms with Gasteiger partial charge in [-0.1, -0.05) is 35.9 Å². The van der Waals surface area contributed by atoms with Crippen molar-refractivity contribution < 1.29 is 14.0 Å². The fourth-order valence-corrected chi connectivity index (χ4v) is 3.38. The van der Waals surface area contributed by atoms with Crippen LogP contribution in [0.2, 0.25) is 5.02 Å². The van der Waals surface area contributed by atoms with Crippen LogP contribution in [0.5, 0.6) is 0 Å². The van der Waals surface area contributed by atoms with Crippen molar-refractivity contribution in [2.75, 3.05) is 19.6 Å². The summed E-state index contributed by atoms with van der Waals surface area (Å²) in [5.74, 6) is -0.455. The smallest absolute Gasteiger partial charge is 0.256 e. The second-order valence-corrected chi connectivity index (χ2v) is 7.26. The second-order valence-electron chi connectivity index (χ2n) is 6.82. The molecule has 0 spiro atoms. The van der Waals surface area contributed by atoms with Crippen LogP contribution in [0.4, 0.5) is 4.39 Å². The number of piperidine rings is 1. The Hall–Kier alpha value is -2.40. The van der Waals surface area contributed by atoms with Crippen molar-refractivity contribution in [2.24, 2.45) is 5.92 Å². The minimum atomic E-state index is -0.487. The summed E-state index contributed by atoms with van der Waals surface area (Å²) in [5.41, 5.74) is 1.04. The number of hydrogen-bond acceptors (Lipinski definition) is 2. The van der Waals surface area contributed by atoms with Gasteiger partial charge in [-0.2, -0.15) is 0 Å². The summed E-state index contributed by atoms with van der Waals surface area (Å²) in [4.78, 5) is 26.2. The van der Waals surface area contributed by atoms with Gasteiger partial charge in [-0.3, -0.25) is 9.59 Å². The molecule has 1 heterocycles. The van der Waals surface area contributed by atoms with Crippen molar-refractivity contribution in [3.63, 3.8) is 0 Å². The van der Waals surface area contributed by atoms with Gasteiger partial charge in [-0.15, -0.1) is 0 Å². The molecule has 1 fully saturated rings. The fourth-order valence-electron chi connectivity index (χ4n) is 3.25. The summed E-state index contributed by atoms with van der Waals surface area (Å²) >= 11 is 5.84. The Kier molecular flexibility index (Phi) is 6.45. The van der Waals surface area contributed by atoms with Crippen molar-refractivity contribution in [2.45, 2.75) is 19.3 Å². The number of carbonyl (C=O) groups is 2. The fraction of sp³-hybridized carbons (Fsp3) is 0.333. The van der Waals surface area contributed by atoms with Crippen molar-refractivity contribution in [1.29, 1.82) is 0 Å². The quantitative estimate of drug-likeness (QED) is 0.849. The molecule has 1 N–H and O–H groups in total. The first-order chi connectivity index (χ1) is 13.0. The average Bonchev–Trinajstić information content (AvgIpc) is 2.68. The SMILES string of the molecule is O=C(Cc1ccc(Cl)cc1)NCC1CCN(C(=O)c2ccccc2F)CC1. The Bertz CT molecular complexity index is 802. The highest BCUT2D eigenvalue weighted by atomic mass is 35.5. The molecule has 6 heteroatoms. The Balaban J connectivity index is 1.43. The van der Waals surface area contributed by atoms with E-state index in [0.29, 0.717) is 37.0 Å². The van der Waals surface area contributed by atoms with Crippen LogP contribution in [0.3, 0.4) is 0 Å². The molecular formula is C21H22ClFN2O2. The van der Waals surface area contributed by atoms with E-state index in [9.17, 15) is 14.0 Å². The van der Waals surface area contributed by atoms with Gasteiger partial charge in [0.2, 0.25) is 5.91 Å². The lowest BCUT2D eigenvalue weighted by molar-refractivity contribution is -0.120.